The number of nitrogens with zero attached hydrogens (tertiary/aromatic N) is 1. The summed E-state index contributed by atoms with van der Waals surface area (Å²) in [6.07, 6.45) is 1.59. The quantitative estimate of drug-likeness (QED) is 0.604. The van der Waals surface area contributed by atoms with Gasteiger partial charge in [0, 0.05) is 30.1 Å². The van der Waals surface area contributed by atoms with Crippen LogP contribution in [-0.2, 0) is 4.79 Å². The lowest BCUT2D eigenvalue weighted by molar-refractivity contribution is -0.114. The van der Waals surface area contributed by atoms with Crippen molar-refractivity contribution in [2.45, 2.75) is 6.92 Å². The molecule has 2 amide bonds. The monoisotopic (exact) mass is 376 g/mol. The van der Waals surface area contributed by atoms with Gasteiger partial charge in [-0.05, 0) is 48.5 Å². The lowest BCUT2D eigenvalue weighted by Crippen LogP contribution is -2.13. The third kappa shape index (κ3) is 5.07. The number of carbonyl (C=O) groups is 2. The summed E-state index contributed by atoms with van der Waals surface area (Å²) in [6, 6.07) is 17.8. The summed E-state index contributed by atoms with van der Waals surface area (Å²) < 4.78 is 5.20. The SMILES string of the molecule is COc1cccc(Nc2ccc(C(=O)Nc3ccc(NC(C)=O)cc3)nc2)c1. The Labute approximate surface area is 162 Å². The number of carbonyl (C=O) groups excluding carboxylic acids is 2. The van der Waals surface area contributed by atoms with E-state index in [9.17, 15) is 9.59 Å². The van der Waals surface area contributed by atoms with E-state index in [1.807, 2.05) is 24.3 Å². The highest BCUT2D eigenvalue weighted by Gasteiger charge is 2.08. The molecule has 0 saturated carbocycles. The van der Waals surface area contributed by atoms with E-state index in [1.54, 1.807) is 49.7 Å². The first-order chi connectivity index (χ1) is 13.5. The molecule has 142 valence electrons. The molecule has 3 rings (SSSR count). The summed E-state index contributed by atoms with van der Waals surface area (Å²) in [5.41, 5.74) is 3.18. The van der Waals surface area contributed by atoms with Crippen LogP contribution >= 0.6 is 0 Å². The summed E-state index contributed by atoms with van der Waals surface area (Å²) in [5, 5.41) is 8.65. The highest BCUT2D eigenvalue weighted by atomic mass is 16.5. The zero-order chi connectivity index (χ0) is 19.9. The number of benzene rings is 2. The Morgan fingerprint density at radius 3 is 2.14 bits per heavy atom. The van der Waals surface area contributed by atoms with E-state index in [0.29, 0.717) is 17.1 Å². The standard InChI is InChI=1S/C21H20N4O3/c1-14(26)23-15-6-8-16(9-7-15)25-21(27)20-11-10-18(13-22-20)24-17-4-3-5-19(12-17)28-2/h3-13,24H,1-2H3,(H,23,26)(H,25,27). The second kappa shape index (κ2) is 8.68. The van der Waals surface area contributed by atoms with E-state index >= 15 is 0 Å². The molecule has 0 saturated heterocycles. The molecule has 1 heterocycles. The first kappa shape index (κ1) is 18.9. The Kier molecular flexibility index (Phi) is 5.86. The zero-order valence-electron chi connectivity index (χ0n) is 15.5. The van der Waals surface area contributed by atoms with E-state index in [0.717, 1.165) is 17.1 Å². The van der Waals surface area contributed by atoms with E-state index < -0.39 is 0 Å². The predicted octanol–water partition coefficient (Wildman–Crippen LogP) is 4.04. The lowest BCUT2D eigenvalue weighted by Gasteiger charge is -2.09. The summed E-state index contributed by atoms with van der Waals surface area (Å²) in [4.78, 5) is 27.6. The van der Waals surface area contributed by atoms with Gasteiger partial charge in [-0.2, -0.15) is 0 Å². The van der Waals surface area contributed by atoms with Crippen molar-refractivity contribution in [2.24, 2.45) is 0 Å². The predicted molar refractivity (Wildman–Crippen MR) is 109 cm³/mol. The van der Waals surface area contributed by atoms with Gasteiger partial charge < -0.3 is 20.7 Å². The summed E-state index contributed by atoms with van der Waals surface area (Å²) >= 11 is 0. The van der Waals surface area contributed by atoms with Crippen molar-refractivity contribution in [3.8, 4) is 5.75 Å². The molecule has 0 radical (unpaired) electrons. The van der Waals surface area contributed by atoms with Crippen molar-refractivity contribution < 1.29 is 14.3 Å². The van der Waals surface area contributed by atoms with Crippen molar-refractivity contribution in [1.82, 2.24) is 4.98 Å². The number of pyridine rings is 1. The number of amides is 2. The number of rotatable bonds is 6. The van der Waals surface area contributed by atoms with E-state index in [2.05, 4.69) is 20.9 Å². The van der Waals surface area contributed by atoms with Crippen LogP contribution in [0.25, 0.3) is 0 Å². The molecule has 3 aromatic rings. The second-order valence-electron chi connectivity index (χ2n) is 6.00. The maximum Gasteiger partial charge on any atom is 0.274 e. The zero-order valence-corrected chi connectivity index (χ0v) is 15.5. The van der Waals surface area contributed by atoms with E-state index in [4.69, 9.17) is 4.74 Å². The van der Waals surface area contributed by atoms with Gasteiger partial charge in [-0.25, -0.2) is 4.98 Å². The maximum absolute atomic E-state index is 12.3. The molecular weight excluding hydrogens is 356 g/mol. The Balaban J connectivity index is 1.62. The fourth-order valence-electron chi connectivity index (χ4n) is 2.50. The third-order valence-electron chi connectivity index (χ3n) is 3.82. The van der Waals surface area contributed by atoms with Crippen molar-refractivity contribution >= 4 is 34.6 Å². The molecule has 7 heteroatoms. The summed E-state index contributed by atoms with van der Waals surface area (Å²) in [5.74, 6) is 0.280. The van der Waals surface area contributed by atoms with Gasteiger partial charge in [0.2, 0.25) is 5.91 Å². The molecule has 1 aromatic heterocycles. The molecule has 0 spiro atoms. The van der Waals surface area contributed by atoms with Crippen molar-refractivity contribution in [1.29, 1.82) is 0 Å². The molecule has 0 atom stereocenters. The molecule has 0 aliphatic rings. The van der Waals surface area contributed by atoms with Crippen LogP contribution < -0.4 is 20.7 Å². The highest BCUT2D eigenvalue weighted by Crippen LogP contribution is 2.21. The van der Waals surface area contributed by atoms with Gasteiger partial charge in [0.15, 0.2) is 0 Å². The molecule has 0 aliphatic heterocycles. The smallest absolute Gasteiger partial charge is 0.274 e. The largest absolute Gasteiger partial charge is 0.497 e. The molecule has 0 fully saturated rings. The third-order valence-corrected chi connectivity index (χ3v) is 3.82. The number of hydrogen-bond acceptors (Lipinski definition) is 5. The molecular formula is C21H20N4O3. The minimum absolute atomic E-state index is 0.149. The molecule has 0 aliphatic carbocycles. The first-order valence-corrected chi connectivity index (χ1v) is 8.59. The molecule has 7 nitrogen and oxygen atoms in total. The first-order valence-electron chi connectivity index (χ1n) is 8.59. The van der Waals surface area contributed by atoms with Gasteiger partial charge in [0.05, 0.1) is 19.0 Å². The number of hydrogen-bond donors (Lipinski definition) is 3. The van der Waals surface area contributed by atoms with Crippen molar-refractivity contribution in [3.05, 3.63) is 72.6 Å². The Hall–Kier alpha value is -3.87. The molecule has 2 aromatic carbocycles. The van der Waals surface area contributed by atoms with Crippen LogP contribution in [0.5, 0.6) is 5.75 Å². The Bertz CT molecular complexity index is 970. The fraction of sp³-hybridized carbons (Fsp3) is 0.0952. The van der Waals surface area contributed by atoms with Gasteiger partial charge in [-0.1, -0.05) is 6.07 Å². The fourth-order valence-corrected chi connectivity index (χ4v) is 2.50. The second-order valence-corrected chi connectivity index (χ2v) is 6.00. The van der Waals surface area contributed by atoms with E-state index in [-0.39, 0.29) is 11.8 Å². The van der Waals surface area contributed by atoms with Crippen LogP contribution in [0.4, 0.5) is 22.7 Å². The van der Waals surface area contributed by atoms with Crippen LogP contribution in [-0.4, -0.2) is 23.9 Å². The van der Waals surface area contributed by atoms with Gasteiger partial charge in [-0.3, -0.25) is 9.59 Å². The number of anilines is 4. The van der Waals surface area contributed by atoms with Crippen molar-refractivity contribution in [2.75, 3.05) is 23.1 Å². The lowest BCUT2D eigenvalue weighted by atomic mass is 10.2. The minimum atomic E-state index is -0.319. The Morgan fingerprint density at radius 1 is 0.857 bits per heavy atom. The van der Waals surface area contributed by atoms with Crippen LogP contribution in [0.1, 0.15) is 17.4 Å². The molecule has 0 unspecified atom stereocenters. The van der Waals surface area contributed by atoms with Crippen LogP contribution in [0.2, 0.25) is 0 Å². The number of nitrogens with one attached hydrogen (secondary N) is 3. The van der Waals surface area contributed by atoms with Crippen LogP contribution in [0, 0.1) is 0 Å². The van der Waals surface area contributed by atoms with E-state index in [1.165, 1.54) is 6.92 Å². The number of ether oxygens (including phenoxy) is 1. The van der Waals surface area contributed by atoms with Gasteiger partial charge in [0.25, 0.3) is 5.91 Å². The maximum atomic E-state index is 12.3. The van der Waals surface area contributed by atoms with Gasteiger partial charge in [0.1, 0.15) is 11.4 Å². The normalized spacial score (nSPS) is 10.1. The van der Waals surface area contributed by atoms with Gasteiger partial charge >= 0.3 is 0 Å². The minimum Gasteiger partial charge on any atom is -0.497 e. The topological polar surface area (TPSA) is 92.4 Å². The molecule has 0 bridgehead atoms. The highest BCUT2D eigenvalue weighted by molar-refractivity contribution is 6.03. The van der Waals surface area contributed by atoms with Crippen LogP contribution in [0.15, 0.2) is 66.9 Å². The molecule has 3 N–H and O–H groups in total. The van der Waals surface area contributed by atoms with Crippen molar-refractivity contribution in [3.63, 3.8) is 0 Å². The van der Waals surface area contributed by atoms with Crippen LogP contribution in [0.3, 0.4) is 0 Å². The number of aromatic nitrogens is 1. The average Bonchev–Trinajstić information content (AvgIpc) is 2.70. The average molecular weight is 376 g/mol. The summed E-state index contributed by atoms with van der Waals surface area (Å²) in [7, 11) is 1.61. The van der Waals surface area contributed by atoms with Gasteiger partial charge in [-0.15, -0.1) is 0 Å². The Morgan fingerprint density at radius 2 is 1.54 bits per heavy atom. The summed E-state index contributed by atoms with van der Waals surface area (Å²) in [6.45, 7) is 1.44. The number of methoxy groups -OCH3 is 1. The molecule has 28 heavy (non-hydrogen) atoms.